The molecule has 0 amide bonds. The molecule has 1 aromatic rings. The Balaban J connectivity index is 2.73. The first-order valence-electron chi connectivity index (χ1n) is 4.92. The van der Waals surface area contributed by atoms with E-state index in [9.17, 15) is 4.79 Å². The van der Waals surface area contributed by atoms with E-state index in [-0.39, 0.29) is 6.04 Å². The summed E-state index contributed by atoms with van der Waals surface area (Å²) in [6, 6.07) is 1.68. The Kier molecular flexibility index (Phi) is 2.23. The van der Waals surface area contributed by atoms with Gasteiger partial charge < -0.3 is 15.8 Å². The third-order valence-electron chi connectivity index (χ3n) is 2.90. The summed E-state index contributed by atoms with van der Waals surface area (Å²) < 4.78 is 0. The maximum absolute atomic E-state index is 10.9. The summed E-state index contributed by atoms with van der Waals surface area (Å²) in [5.41, 5.74) is 10.9. The number of hydrogen-bond donors (Lipinski definition) is 2. The summed E-state index contributed by atoms with van der Waals surface area (Å²) in [5, 5.41) is 3.02. The van der Waals surface area contributed by atoms with Crippen molar-refractivity contribution in [2.45, 2.75) is 19.9 Å². The van der Waals surface area contributed by atoms with E-state index in [1.165, 1.54) is 0 Å². The zero-order valence-corrected chi connectivity index (χ0v) is 8.87. The van der Waals surface area contributed by atoms with Crippen molar-refractivity contribution in [3.63, 3.8) is 0 Å². The van der Waals surface area contributed by atoms with Crippen LogP contribution in [0.4, 0.5) is 5.69 Å². The number of nitrogens with two attached hydrogens (primary N) is 1. The molecule has 0 saturated heterocycles. The van der Waals surface area contributed by atoms with Gasteiger partial charge in [-0.05, 0) is 54.4 Å². The molecule has 2 rings (SSSR count). The van der Waals surface area contributed by atoms with Gasteiger partial charge in [0.1, 0.15) is 12.3 Å². The van der Waals surface area contributed by atoms with Crippen LogP contribution in [0.2, 0.25) is 0 Å². The van der Waals surface area contributed by atoms with E-state index in [0.717, 1.165) is 34.2 Å². The molecule has 0 bridgehead atoms. The summed E-state index contributed by atoms with van der Waals surface area (Å²) in [6.45, 7) is 3.96. The van der Waals surface area contributed by atoms with Gasteiger partial charge in [-0.2, -0.15) is 0 Å². The number of aldehydes is 1. The lowest BCUT2D eigenvalue weighted by molar-refractivity contribution is -0.109. The number of carbonyl (C=O) groups excluding carboxylic acids is 1. The zero-order chi connectivity index (χ0) is 11.0. The minimum Gasteiger partial charge on any atom is -0.398 e. The molecule has 3 N–H and O–H groups in total. The molecule has 0 aromatic heterocycles. The van der Waals surface area contributed by atoms with Gasteiger partial charge in [-0.1, -0.05) is 0 Å². The van der Waals surface area contributed by atoms with Gasteiger partial charge in [0, 0.05) is 5.69 Å². The fourth-order valence-corrected chi connectivity index (χ4v) is 2.04. The van der Waals surface area contributed by atoms with Crippen LogP contribution < -0.4 is 11.1 Å². The number of carbonyl (C=O) groups is 1. The highest BCUT2D eigenvalue weighted by Gasteiger charge is 2.20. The van der Waals surface area contributed by atoms with Crippen molar-refractivity contribution >= 4 is 18.0 Å². The summed E-state index contributed by atoms with van der Waals surface area (Å²) >= 11 is 0. The molecule has 1 heterocycles. The Morgan fingerprint density at radius 1 is 1.47 bits per heavy atom. The first kappa shape index (κ1) is 9.77. The average Bonchev–Trinajstić information content (AvgIpc) is 2.25. The predicted molar refractivity (Wildman–Crippen MR) is 61.3 cm³/mol. The standard InChI is InChI=1S/C12H14N2O/c1-7-5-10(13)8(2)9-3-4-14-11(6-15)12(7)9/h3-6,11,14H,13H2,1-2H3. The SMILES string of the molecule is Cc1cc(N)c(C)c2c1C(C=O)NC=C2. The summed E-state index contributed by atoms with van der Waals surface area (Å²) in [7, 11) is 0. The monoisotopic (exact) mass is 202 g/mol. The van der Waals surface area contributed by atoms with E-state index in [2.05, 4.69) is 5.32 Å². The third kappa shape index (κ3) is 1.40. The van der Waals surface area contributed by atoms with E-state index in [0.29, 0.717) is 0 Å². The minimum atomic E-state index is -0.246. The van der Waals surface area contributed by atoms with Crippen molar-refractivity contribution < 1.29 is 4.79 Å². The number of rotatable bonds is 1. The topological polar surface area (TPSA) is 55.1 Å². The van der Waals surface area contributed by atoms with Crippen LogP contribution in [-0.2, 0) is 4.79 Å². The Morgan fingerprint density at radius 2 is 2.20 bits per heavy atom. The summed E-state index contributed by atoms with van der Waals surface area (Å²) in [5.74, 6) is 0. The van der Waals surface area contributed by atoms with Crippen LogP contribution >= 0.6 is 0 Å². The van der Waals surface area contributed by atoms with E-state index >= 15 is 0 Å². The number of nitrogens with one attached hydrogen (secondary N) is 1. The molecule has 1 aliphatic rings. The second-order valence-corrected chi connectivity index (χ2v) is 3.85. The van der Waals surface area contributed by atoms with Gasteiger partial charge in [0.15, 0.2) is 0 Å². The van der Waals surface area contributed by atoms with Gasteiger partial charge in [-0.25, -0.2) is 0 Å². The number of benzene rings is 1. The minimum absolute atomic E-state index is 0.246. The molecule has 0 spiro atoms. The zero-order valence-electron chi connectivity index (χ0n) is 8.87. The van der Waals surface area contributed by atoms with Crippen LogP contribution in [0.3, 0.4) is 0 Å². The molecule has 3 nitrogen and oxygen atoms in total. The maximum Gasteiger partial charge on any atom is 0.146 e. The van der Waals surface area contributed by atoms with E-state index in [4.69, 9.17) is 5.73 Å². The smallest absolute Gasteiger partial charge is 0.146 e. The number of fused-ring (bicyclic) bond motifs is 1. The first-order chi connectivity index (χ1) is 7.15. The van der Waals surface area contributed by atoms with Gasteiger partial charge in [0.2, 0.25) is 0 Å². The highest BCUT2D eigenvalue weighted by atomic mass is 16.1. The molecule has 15 heavy (non-hydrogen) atoms. The summed E-state index contributed by atoms with van der Waals surface area (Å²) in [6.07, 6.45) is 4.69. The highest BCUT2D eigenvalue weighted by Crippen LogP contribution is 2.31. The fraction of sp³-hybridized carbons (Fsp3) is 0.250. The predicted octanol–water partition coefficient (Wildman–Crippen LogP) is 1.70. The Morgan fingerprint density at radius 3 is 2.87 bits per heavy atom. The van der Waals surface area contributed by atoms with Crippen LogP contribution in [0, 0.1) is 13.8 Å². The summed E-state index contributed by atoms with van der Waals surface area (Å²) in [4.78, 5) is 10.9. The molecule has 0 aliphatic carbocycles. The molecular weight excluding hydrogens is 188 g/mol. The van der Waals surface area contributed by atoms with Gasteiger partial charge in [0.25, 0.3) is 0 Å². The molecule has 0 saturated carbocycles. The number of aryl methyl sites for hydroxylation is 1. The molecule has 1 aliphatic heterocycles. The quantitative estimate of drug-likeness (QED) is 0.538. The van der Waals surface area contributed by atoms with Crippen molar-refractivity contribution in [1.29, 1.82) is 0 Å². The third-order valence-corrected chi connectivity index (χ3v) is 2.90. The van der Waals surface area contributed by atoms with Crippen LogP contribution in [0.1, 0.15) is 28.3 Å². The van der Waals surface area contributed by atoms with Gasteiger partial charge >= 0.3 is 0 Å². The number of anilines is 1. The van der Waals surface area contributed by atoms with Crippen LogP contribution in [0.15, 0.2) is 12.3 Å². The van der Waals surface area contributed by atoms with Crippen molar-refractivity contribution in [3.05, 3.63) is 34.5 Å². The van der Waals surface area contributed by atoms with Crippen LogP contribution in [-0.4, -0.2) is 6.29 Å². The van der Waals surface area contributed by atoms with Gasteiger partial charge in [0.05, 0.1) is 0 Å². The maximum atomic E-state index is 10.9. The normalized spacial score (nSPS) is 18.1. The van der Waals surface area contributed by atoms with E-state index < -0.39 is 0 Å². The lowest BCUT2D eigenvalue weighted by Crippen LogP contribution is -2.22. The van der Waals surface area contributed by atoms with Crippen molar-refractivity contribution in [3.8, 4) is 0 Å². The highest BCUT2D eigenvalue weighted by molar-refractivity contribution is 5.76. The lowest BCUT2D eigenvalue weighted by Gasteiger charge is -2.23. The second kappa shape index (κ2) is 3.42. The van der Waals surface area contributed by atoms with Crippen molar-refractivity contribution in [1.82, 2.24) is 5.32 Å². The molecule has 1 atom stereocenters. The van der Waals surface area contributed by atoms with Crippen molar-refractivity contribution in [2.24, 2.45) is 0 Å². The van der Waals surface area contributed by atoms with Crippen LogP contribution in [0.25, 0.3) is 6.08 Å². The molecule has 78 valence electrons. The lowest BCUT2D eigenvalue weighted by atomic mass is 9.89. The number of nitrogen functional groups attached to an aromatic ring is 1. The average molecular weight is 202 g/mol. The molecule has 1 unspecified atom stereocenters. The first-order valence-corrected chi connectivity index (χ1v) is 4.92. The Hall–Kier alpha value is -1.77. The van der Waals surface area contributed by atoms with E-state index in [1.54, 1.807) is 6.20 Å². The second-order valence-electron chi connectivity index (χ2n) is 3.85. The van der Waals surface area contributed by atoms with E-state index in [1.807, 2.05) is 26.0 Å². The molecule has 3 heteroatoms. The van der Waals surface area contributed by atoms with Crippen molar-refractivity contribution in [2.75, 3.05) is 5.73 Å². The Bertz CT molecular complexity index is 449. The molecule has 0 fully saturated rings. The Labute approximate surface area is 89.0 Å². The van der Waals surface area contributed by atoms with Gasteiger partial charge in [-0.3, -0.25) is 0 Å². The fourth-order valence-electron chi connectivity index (χ4n) is 2.04. The van der Waals surface area contributed by atoms with Gasteiger partial charge in [-0.15, -0.1) is 0 Å². The largest absolute Gasteiger partial charge is 0.398 e. The van der Waals surface area contributed by atoms with Crippen LogP contribution in [0.5, 0.6) is 0 Å². The molecular formula is C12H14N2O. The molecule has 0 radical (unpaired) electrons. The molecule has 1 aromatic carbocycles. The number of hydrogen-bond acceptors (Lipinski definition) is 3.